The molecule has 0 aromatic heterocycles. The molecule has 0 aromatic rings. The number of nitrogens with one attached hydrogen (secondary N) is 1. The van der Waals surface area contributed by atoms with Gasteiger partial charge in [-0.15, -0.1) is 11.6 Å². The fourth-order valence-corrected chi connectivity index (χ4v) is 2.02. The van der Waals surface area contributed by atoms with E-state index in [0.29, 0.717) is 5.38 Å². The summed E-state index contributed by atoms with van der Waals surface area (Å²) in [5.41, 5.74) is 0. The third-order valence-electron chi connectivity index (χ3n) is 2.28. The lowest BCUT2D eigenvalue weighted by molar-refractivity contribution is 0.357. The molecule has 1 aliphatic carbocycles. The van der Waals surface area contributed by atoms with Crippen molar-refractivity contribution < 1.29 is 0 Å². The smallest absolute Gasteiger partial charge is 0.0376 e. The first-order valence-corrected chi connectivity index (χ1v) is 4.57. The van der Waals surface area contributed by atoms with Gasteiger partial charge in [0.15, 0.2) is 0 Å². The van der Waals surface area contributed by atoms with E-state index in [-0.39, 0.29) is 0 Å². The highest BCUT2D eigenvalue weighted by molar-refractivity contribution is 6.20. The summed E-state index contributed by atoms with van der Waals surface area (Å²) in [6.45, 7) is 1.09. The Morgan fingerprint density at radius 2 is 2.10 bits per heavy atom. The summed E-state index contributed by atoms with van der Waals surface area (Å²) in [5, 5.41) is 3.62. The summed E-state index contributed by atoms with van der Waals surface area (Å²) >= 11 is 6.12. The molecular weight excluding hydrogens is 146 g/mol. The van der Waals surface area contributed by atoms with Crippen LogP contribution in [0.4, 0.5) is 0 Å². The molecule has 10 heavy (non-hydrogen) atoms. The Balaban J connectivity index is 2.25. The van der Waals surface area contributed by atoms with Crippen LogP contribution in [0, 0.1) is 5.92 Å². The van der Waals surface area contributed by atoms with Gasteiger partial charge in [0.1, 0.15) is 0 Å². The Hall–Kier alpha value is 0.250. The van der Waals surface area contributed by atoms with E-state index in [2.05, 4.69) is 5.32 Å². The Bertz CT molecular complexity index is 93.3. The first-order chi connectivity index (χ1) is 4.84. The molecule has 60 valence electrons. The molecule has 0 aromatic carbocycles. The van der Waals surface area contributed by atoms with Crippen molar-refractivity contribution in [3.05, 3.63) is 0 Å². The molecule has 1 rings (SSSR count). The van der Waals surface area contributed by atoms with Crippen molar-refractivity contribution in [3.63, 3.8) is 0 Å². The van der Waals surface area contributed by atoms with Crippen LogP contribution in [-0.2, 0) is 0 Å². The van der Waals surface area contributed by atoms with Crippen LogP contribution < -0.4 is 5.32 Å². The molecule has 0 spiro atoms. The maximum atomic E-state index is 6.12. The van der Waals surface area contributed by atoms with Crippen molar-refractivity contribution in [1.82, 2.24) is 5.32 Å². The zero-order chi connectivity index (χ0) is 7.40. The normalized spacial score (nSPS) is 34.2. The Kier molecular flexibility index (Phi) is 3.50. The largest absolute Gasteiger partial charge is 0.319 e. The SMILES string of the molecule is CNCC1CCCCC1Cl. The van der Waals surface area contributed by atoms with Crippen LogP contribution in [0.3, 0.4) is 0 Å². The van der Waals surface area contributed by atoms with Gasteiger partial charge in [0.25, 0.3) is 0 Å². The van der Waals surface area contributed by atoms with Gasteiger partial charge >= 0.3 is 0 Å². The van der Waals surface area contributed by atoms with Gasteiger partial charge in [-0.1, -0.05) is 12.8 Å². The van der Waals surface area contributed by atoms with Gasteiger partial charge in [0, 0.05) is 5.38 Å². The highest BCUT2D eigenvalue weighted by Gasteiger charge is 2.21. The second-order valence-electron chi connectivity index (χ2n) is 3.12. The minimum absolute atomic E-state index is 0.432. The first kappa shape index (κ1) is 8.35. The van der Waals surface area contributed by atoms with E-state index in [4.69, 9.17) is 11.6 Å². The Morgan fingerprint density at radius 3 is 2.70 bits per heavy atom. The van der Waals surface area contributed by atoms with Gasteiger partial charge < -0.3 is 5.32 Å². The van der Waals surface area contributed by atoms with E-state index in [1.54, 1.807) is 0 Å². The average Bonchev–Trinajstić information content (AvgIpc) is 1.94. The van der Waals surface area contributed by atoms with Gasteiger partial charge in [-0.2, -0.15) is 0 Å². The monoisotopic (exact) mass is 161 g/mol. The van der Waals surface area contributed by atoms with Crippen LogP contribution >= 0.6 is 11.6 Å². The van der Waals surface area contributed by atoms with E-state index in [0.717, 1.165) is 12.5 Å². The minimum Gasteiger partial charge on any atom is -0.319 e. The molecule has 0 bridgehead atoms. The number of alkyl halides is 1. The van der Waals surface area contributed by atoms with Crippen molar-refractivity contribution >= 4 is 11.6 Å². The molecule has 1 aliphatic rings. The fourth-order valence-electron chi connectivity index (χ4n) is 1.65. The topological polar surface area (TPSA) is 12.0 Å². The van der Waals surface area contributed by atoms with E-state index < -0.39 is 0 Å². The summed E-state index contributed by atoms with van der Waals surface area (Å²) in [6, 6.07) is 0. The van der Waals surface area contributed by atoms with Crippen molar-refractivity contribution in [2.45, 2.75) is 31.1 Å². The number of rotatable bonds is 2. The second kappa shape index (κ2) is 4.20. The number of hydrogen-bond acceptors (Lipinski definition) is 1. The molecule has 1 fully saturated rings. The molecule has 2 heteroatoms. The predicted molar refractivity (Wildman–Crippen MR) is 45.5 cm³/mol. The molecule has 1 N–H and O–H groups in total. The van der Waals surface area contributed by atoms with E-state index >= 15 is 0 Å². The average molecular weight is 162 g/mol. The van der Waals surface area contributed by atoms with Crippen molar-refractivity contribution in [3.8, 4) is 0 Å². The Labute approximate surface area is 68.1 Å². The van der Waals surface area contributed by atoms with Gasteiger partial charge in [-0.25, -0.2) is 0 Å². The third-order valence-corrected chi connectivity index (χ3v) is 2.86. The van der Waals surface area contributed by atoms with E-state index in [1.165, 1.54) is 25.7 Å². The quantitative estimate of drug-likeness (QED) is 0.611. The van der Waals surface area contributed by atoms with Crippen molar-refractivity contribution in [2.75, 3.05) is 13.6 Å². The molecule has 2 unspecified atom stereocenters. The van der Waals surface area contributed by atoms with Gasteiger partial charge in [0.05, 0.1) is 0 Å². The van der Waals surface area contributed by atoms with E-state index in [1.807, 2.05) is 7.05 Å². The van der Waals surface area contributed by atoms with Crippen LogP contribution in [0.5, 0.6) is 0 Å². The van der Waals surface area contributed by atoms with Crippen LogP contribution in [0.2, 0.25) is 0 Å². The van der Waals surface area contributed by atoms with Crippen molar-refractivity contribution in [2.24, 2.45) is 5.92 Å². The van der Waals surface area contributed by atoms with Crippen LogP contribution in [0.15, 0.2) is 0 Å². The standard InChI is InChI=1S/C8H16ClN/c1-10-6-7-4-2-3-5-8(7)9/h7-8,10H,2-6H2,1H3. The molecule has 0 heterocycles. The Morgan fingerprint density at radius 1 is 1.40 bits per heavy atom. The first-order valence-electron chi connectivity index (χ1n) is 4.13. The summed E-state index contributed by atoms with van der Waals surface area (Å²) in [4.78, 5) is 0. The van der Waals surface area contributed by atoms with Crippen LogP contribution in [0.25, 0.3) is 0 Å². The highest BCUT2D eigenvalue weighted by Crippen LogP contribution is 2.27. The molecular formula is C8H16ClN. The second-order valence-corrected chi connectivity index (χ2v) is 3.68. The fraction of sp³-hybridized carbons (Fsp3) is 1.00. The zero-order valence-corrected chi connectivity index (χ0v) is 7.32. The molecule has 1 nitrogen and oxygen atoms in total. The highest BCUT2D eigenvalue weighted by atomic mass is 35.5. The van der Waals surface area contributed by atoms with E-state index in [9.17, 15) is 0 Å². The predicted octanol–water partition coefficient (Wildman–Crippen LogP) is 2.00. The summed E-state index contributed by atoms with van der Waals surface area (Å²) in [7, 11) is 2.00. The van der Waals surface area contributed by atoms with Gasteiger partial charge in [0.2, 0.25) is 0 Å². The molecule has 0 amide bonds. The summed E-state index contributed by atoms with van der Waals surface area (Å²) in [5.74, 6) is 0.723. The minimum atomic E-state index is 0.432. The summed E-state index contributed by atoms with van der Waals surface area (Å²) in [6.07, 6.45) is 5.23. The molecule has 0 radical (unpaired) electrons. The van der Waals surface area contributed by atoms with Gasteiger partial charge in [-0.05, 0) is 32.4 Å². The molecule has 1 saturated carbocycles. The maximum Gasteiger partial charge on any atom is 0.0376 e. The zero-order valence-electron chi connectivity index (χ0n) is 6.57. The maximum absolute atomic E-state index is 6.12. The van der Waals surface area contributed by atoms with Crippen molar-refractivity contribution in [1.29, 1.82) is 0 Å². The molecule has 0 aliphatic heterocycles. The summed E-state index contributed by atoms with van der Waals surface area (Å²) < 4.78 is 0. The lowest BCUT2D eigenvalue weighted by atomic mass is 9.89. The molecule has 2 atom stereocenters. The lowest BCUT2D eigenvalue weighted by Gasteiger charge is -2.26. The number of halogens is 1. The lowest BCUT2D eigenvalue weighted by Crippen LogP contribution is -2.29. The third kappa shape index (κ3) is 2.14. The van der Waals surface area contributed by atoms with Crippen LogP contribution in [0.1, 0.15) is 25.7 Å². The number of hydrogen-bond donors (Lipinski definition) is 1. The van der Waals surface area contributed by atoms with Gasteiger partial charge in [-0.3, -0.25) is 0 Å². The molecule has 0 saturated heterocycles. The van der Waals surface area contributed by atoms with Crippen LogP contribution in [-0.4, -0.2) is 19.0 Å².